The summed E-state index contributed by atoms with van der Waals surface area (Å²) in [5.41, 5.74) is 3.48. The summed E-state index contributed by atoms with van der Waals surface area (Å²) in [6, 6.07) is 4.04. The molecule has 1 spiro atoms. The Morgan fingerprint density at radius 2 is 1.97 bits per heavy atom. The maximum absolute atomic E-state index is 11.5. The SMILES string of the molecule is COCCN1CCN(c2nc(C)cc(N3CC4(CC4)c4cnc(NC(C)=O)cc43)n2)CC1. The minimum atomic E-state index is -0.118. The molecule has 0 aromatic carbocycles. The van der Waals surface area contributed by atoms with Gasteiger partial charge in [-0.1, -0.05) is 0 Å². The van der Waals surface area contributed by atoms with Crippen molar-refractivity contribution >= 4 is 29.2 Å². The van der Waals surface area contributed by atoms with Crippen LogP contribution in [0.15, 0.2) is 18.3 Å². The molecule has 1 aliphatic carbocycles. The Balaban J connectivity index is 1.41. The second kappa shape index (κ2) is 8.29. The van der Waals surface area contributed by atoms with Crippen LogP contribution in [0.25, 0.3) is 0 Å². The molecule has 3 aliphatic rings. The fourth-order valence-electron chi connectivity index (χ4n) is 4.79. The van der Waals surface area contributed by atoms with Crippen molar-refractivity contribution in [3.05, 3.63) is 29.6 Å². The highest BCUT2D eigenvalue weighted by atomic mass is 16.5. The zero-order valence-corrected chi connectivity index (χ0v) is 19.1. The maximum atomic E-state index is 11.5. The average Bonchev–Trinajstić information content (AvgIpc) is 3.48. The molecule has 170 valence electrons. The van der Waals surface area contributed by atoms with E-state index in [-0.39, 0.29) is 11.3 Å². The number of pyridine rings is 1. The minimum Gasteiger partial charge on any atom is -0.383 e. The Morgan fingerprint density at radius 1 is 1.19 bits per heavy atom. The number of aryl methyl sites for hydroxylation is 1. The van der Waals surface area contributed by atoms with Gasteiger partial charge in [-0.05, 0) is 19.8 Å². The fourth-order valence-corrected chi connectivity index (χ4v) is 4.79. The number of amides is 1. The van der Waals surface area contributed by atoms with Crippen molar-refractivity contribution in [1.82, 2.24) is 19.9 Å². The zero-order valence-electron chi connectivity index (χ0n) is 19.1. The van der Waals surface area contributed by atoms with Crippen molar-refractivity contribution in [2.24, 2.45) is 0 Å². The number of ether oxygens (including phenoxy) is 1. The Morgan fingerprint density at radius 3 is 2.66 bits per heavy atom. The number of nitrogens with zero attached hydrogens (tertiary/aromatic N) is 6. The highest BCUT2D eigenvalue weighted by Gasteiger charge is 2.52. The van der Waals surface area contributed by atoms with Crippen LogP contribution in [-0.2, 0) is 14.9 Å². The highest BCUT2D eigenvalue weighted by Crippen LogP contribution is 2.58. The van der Waals surface area contributed by atoms with E-state index in [0.29, 0.717) is 5.82 Å². The summed E-state index contributed by atoms with van der Waals surface area (Å²) < 4.78 is 5.21. The van der Waals surface area contributed by atoms with Crippen LogP contribution in [0.4, 0.5) is 23.3 Å². The van der Waals surface area contributed by atoms with Gasteiger partial charge in [-0.25, -0.2) is 9.97 Å². The molecule has 2 aromatic rings. The lowest BCUT2D eigenvalue weighted by Crippen LogP contribution is -2.48. The number of fused-ring (bicyclic) bond motifs is 2. The van der Waals surface area contributed by atoms with Gasteiger partial charge in [0.25, 0.3) is 0 Å². The summed E-state index contributed by atoms with van der Waals surface area (Å²) in [6.07, 6.45) is 4.26. The Labute approximate surface area is 188 Å². The summed E-state index contributed by atoms with van der Waals surface area (Å²) >= 11 is 0. The molecule has 0 bridgehead atoms. The van der Waals surface area contributed by atoms with E-state index >= 15 is 0 Å². The first kappa shape index (κ1) is 21.1. The number of hydrogen-bond acceptors (Lipinski definition) is 8. The quantitative estimate of drug-likeness (QED) is 0.735. The van der Waals surface area contributed by atoms with E-state index in [1.54, 1.807) is 7.11 Å². The Kier molecular flexibility index (Phi) is 5.46. The molecule has 1 amide bonds. The van der Waals surface area contributed by atoms with Gasteiger partial charge in [0.1, 0.15) is 11.6 Å². The van der Waals surface area contributed by atoms with E-state index in [1.165, 1.54) is 12.5 Å². The fraction of sp³-hybridized carbons (Fsp3) is 0.565. The van der Waals surface area contributed by atoms with Gasteiger partial charge < -0.3 is 19.9 Å². The topological polar surface area (TPSA) is 86.7 Å². The standard InChI is InChI=1S/C23H31N7O2/c1-16-12-21(27-22(25-16)29-8-6-28(7-9-29)10-11-32-3)30-15-23(4-5-23)18-14-24-20(13-19(18)30)26-17(2)31/h12-14H,4-11,15H2,1-3H3,(H,24,26,31). The van der Waals surface area contributed by atoms with Gasteiger partial charge in [-0.2, -0.15) is 4.98 Å². The molecule has 2 aromatic heterocycles. The summed E-state index contributed by atoms with van der Waals surface area (Å²) in [5, 5.41) is 2.82. The normalized spacial score (nSPS) is 19.3. The smallest absolute Gasteiger partial charge is 0.227 e. The van der Waals surface area contributed by atoms with Gasteiger partial charge in [0, 0.05) is 88.3 Å². The van der Waals surface area contributed by atoms with Crippen molar-refractivity contribution < 1.29 is 9.53 Å². The van der Waals surface area contributed by atoms with Gasteiger partial charge in [0.15, 0.2) is 0 Å². The summed E-state index contributed by atoms with van der Waals surface area (Å²) in [7, 11) is 1.75. The monoisotopic (exact) mass is 437 g/mol. The van der Waals surface area contributed by atoms with Gasteiger partial charge >= 0.3 is 0 Å². The highest BCUT2D eigenvalue weighted by molar-refractivity contribution is 5.89. The van der Waals surface area contributed by atoms with E-state index < -0.39 is 0 Å². The maximum Gasteiger partial charge on any atom is 0.227 e. The third-order valence-electron chi connectivity index (χ3n) is 6.73. The van der Waals surface area contributed by atoms with E-state index in [9.17, 15) is 4.79 Å². The van der Waals surface area contributed by atoms with Crippen molar-refractivity contribution in [3.63, 3.8) is 0 Å². The number of rotatable bonds is 6. The molecule has 0 unspecified atom stereocenters. The molecule has 2 fully saturated rings. The van der Waals surface area contributed by atoms with Crippen LogP contribution in [0.3, 0.4) is 0 Å². The van der Waals surface area contributed by atoms with Crippen LogP contribution in [0.2, 0.25) is 0 Å². The number of carbonyl (C=O) groups is 1. The second-order valence-electron chi connectivity index (χ2n) is 9.12. The predicted molar refractivity (Wildman–Crippen MR) is 124 cm³/mol. The van der Waals surface area contributed by atoms with E-state index in [2.05, 4.69) is 31.1 Å². The number of hydrogen-bond donors (Lipinski definition) is 1. The lowest BCUT2D eigenvalue weighted by atomic mass is 10.0. The molecule has 2 aliphatic heterocycles. The van der Waals surface area contributed by atoms with Gasteiger partial charge in [-0.15, -0.1) is 0 Å². The molecular formula is C23H31N7O2. The van der Waals surface area contributed by atoms with Gasteiger partial charge in [0.05, 0.1) is 12.3 Å². The molecule has 1 saturated carbocycles. The lowest BCUT2D eigenvalue weighted by Gasteiger charge is -2.35. The van der Waals surface area contributed by atoms with Crippen molar-refractivity contribution in [2.45, 2.75) is 32.1 Å². The molecule has 9 heteroatoms. The minimum absolute atomic E-state index is 0.118. The summed E-state index contributed by atoms with van der Waals surface area (Å²) in [4.78, 5) is 32.8. The summed E-state index contributed by atoms with van der Waals surface area (Å²) in [6.45, 7) is 9.93. The molecule has 1 N–H and O–H groups in total. The van der Waals surface area contributed by atoms with Crippen LogP contribution in [0.5, 0.6) is 0 Å². The van der Waals surface area contributed by atoms with Crippen LogP contribution in [-0.4, -0.2) is 78.7 Å². The third kappa shape index (κ3) is 4.02. The zero-order chi connectivity index (χ0) is 22.3. The van der Waals surface area contributed by atoms with Crippen molar-refractivity contribution in [1.29, 1.82) is 0 Å². The summed E-state index contributed by atoms with van der Waals surface area (Å²) in [5.74, 6) is 2.17. The molecular weight excluding hydrogens is 406 g/mol. The van der Waals surface area contributed by atoms with Crippen LogP contribution < -0.4 is 15.1 Å². The molecule has 5 rings (SSSR count). The van der Waals surface area contributed by atoms with Crippen LogP contribution >= 0.6 is 0 Å². The molecule has 1 saturated heterocycles. The molecule has 32 heavy (non-hydrogen) atoms. The van der Waals surface area contributed by atoms with Gasteiger partial charge in [-0.3, -0.25) is 9.69 Å². The Hall–Kier alpha value is -2.78. The van der Waals surface area contributed by atoms with E-state index in [1.807, 2.05) is 19.2 Å². The van der Waals surface area contributed by atoms with Gasteiger partial charge in [0.2, 0.25) is 11.9 Å². The lowest BCUT2D eigenvalue weighted by molar-refractivity contribution is -0.114. The van der Waals surface area contributed by atoms with Crippen molar-refractivity contribution in [2.75, 3.05) is 68.1 Å². The van der Waals surface area contributed by atoms with Crippen LogP contribution in [0.1, 0.15) is 31.0 Å². The van der Waals surface area contributed by atoms with Crippen molar-refractivity contribution in [3.8, 4) is 0 Å². The number of aromatic nitrogens is 3. The molecule has 0 atom stereocenters. The molecule has 4 heterocycles. The number of methoxy groups -OCH3 is 1. The number of anilines is 4. The molecule has 0 radical (unpaired) electrons. The number of carbonyl (C=O) groups excluding carboxylic acids is 1. The first-order valence-corrected chi connectivity index (χ1v) is 11.3. The second-order valence-corrected chi connectivity index (χ2v) is 9.12. The average molecular weight is 438 g/mol. The first-order chi connectivity index (χ1) is 15.5. The number of piperazine rings is 1. The largest absolute Gasteiger partial charge is 0.383 e. The first-order valence-electron chi connectivity index (χ1n) is 11.3. The third-order valence-corrected chi connectivity index (χ3v) is 6.73. The van der Waals surface area contributed by atoms with E-state index in [0.717, 1.165) is 81.9 Å². The number of nitrogens with one attached hydrogen (secondary N) is 1. The molecule has 9 nitrogen and oxygen atoms in total. The Bertz CT molecular complexity index is 1020. The van der Waals surface area contributed by atoms with E-state index in [4.69, 9.17) is 14.7 Å². The van der Waals surface area contributed by atoms with Crippen LogP contribution in [0, 0.1) is 6.92 Å². The predicted octanol–water partition coefficient (Wildman–Crippen LogP) is 2.09.